The molecule has 5 atom stereocenters. The molecule has 0 aromatic carbocycles. The van der Waals surface area contributed by atoms with Gasteiger partial charge in [-0.2, -0.15) is 0 Å². The van der Waals surface area contributed by atoms with Crippen molar-refractivity contribution in [2.24, 2.45) is 0 Å². The van der Waals surface area contributed by atoms with Crippen LogP contribution in [-0.2, 0) is 10.1 Å². The summed E-state index contributed by atoms with van der Waals surface area (Å²) in [6, 6.07) is 0. The Morgan fingerprint density at radius 3 is 1.77 bits per heavy atom. The molecule has 0 saturated carbocycles. The molecule has 0 aliphatic heterocycles. The van der Waals surface area contributed by atoms with Crippen LogP contribution in [0.25, 0.3) is 0 Å². The van der Waals surface area contributed by atoms with Gasteiger partial charge in [-0.05, 0) is 12.8 Å². The Labute approximate surface area is 147 Å². The smallest absolute Gasteiger partial charge is 0.748 e. The Morgan fingerprint density at radius 2 is 1.32 bits per heavy atom. The zero-order chi connectivity index (χ0) is 16.6. The summed E-state index contributed by atoms with van der Waals surface area (Å²) in [4.78, 5) is 0. The molecule has 0 fully saturated rings. The summed E-state index contributed by atoms with van der Waals surface area (Å²) in [5.41, 5.74) is 0. The van der Waals surface area contributed by atoms with Gasteiger partial charge >= 0.3 is 29.6 Å². The van der Waals surface area contributed by atoms with Crippen molar-refractivity contribution in [3.05, 3.63) is 0 Å². The van der Waals surface area contributed by atoms with E-state index in [2.05, 4.69) is 0 Å². The van der Waals surface area contributed by atoms with E-state index >= 15 is 0 Å². The maximum Gasteiger partial charge on any atom is 1.00 e. The molecule has 0 rings (SSSR count). The molecule has 0 aromatic rings. The molecule has 128 valence electrons. The molecular weight excluding hydrogens is 349 g/mol. The third-order valence-electron chi connectivity index (χ3n) is 2.78. The van der Waals surface area contributed by atoms with E-state index in [0.717, 1.165) is 0 Å². The molecule has 0 radical (unpaired) electrons. The number of unbranched alkanes of at least 4 members (excludes halogenated alkanes) is 2. The standard InChI is InChI=1S/C11H18F6O3S.Na/c12-5-3-1-2-4-7(13)9(15)11(17)10(16)8(14)6-21(18,19)20;/h7-11H,1-6H2,(H,18,19,20);/q;+1/p-1. The molecule has 0 heterocycles. The van der Waals surface area contributed by atoms with Gasteiger partial charge in [0.2, 0.25) is 0 Å². The average Bonchev–Trinajstić information content (AvgIpc) is 2.38. The van der Waals surface area contributed by atoms with Crippen LogP contribution >= 0.6 is 0 Å². The van der Waals surface area contributed by atoms with Gasteiger partial charge in [-0.15, -0.1) is 0 Å². The van der Waals surface area contributed by atoms with Crippen LogP contribution in [0.1, 0.15) is 25.7 Å². The molecule has 5 unspecified atom stereocenters. The van der Waals surface area contributed by atoms with Crippen LogP contribution < -0.4 is 29.6 Å². The zero-order valence-electron chi connectivity index (χ0n) is 12.0. The van der Waals surface area contributed by atoms with E-state index in [4.69, 9.17) is 0 Å². The van der Waals surface area contributed by atoms with Crippen LogP contribution in [0.15, 0.2) is 0 Å². The molecule has 0 spiro atoms. The second kappa shape index (κ2) is 11.9. The summed E-state index contributed by atoms with van der Waals surface area (Å²) in [6.07, 6.45) is -15.0. The fraction of sp³-hybridized carbons (Fsp3) is 1.00. The Bertz CT molecular complexity index is 386. The van der Waals surface area contributed by atoms with Crippen LogP contribution in [0.2, 0.25) is 0 Å². The van der Waals surface area contributed by atoms with Crippen LogP contribution in [-0.4, -0.2) is 56.3 Å². The minimum Gasteiger partial charge on any atom is -0.748 e. The Kier molecular flexibility index (Phi) is 13.4. The maximum atomic E-state index is 13.3. The quantitative estimate of drug-likeness (QED) is 0.219. The number of alkyl halides is 6. The second-order valence-corrected chi connectivity index (χ2v) is 6.08. The van der Waals surface area contributed by atoms with E-state index in [1.54, 1.807) is 0 Å². The topological polar surface area (TPSA) is 57.2 Å². The summed E-state index contributed by atoms with van der Waals surface area (Å²) in [6.45, 7) is -0.637. The van der Waals surface area contributed by atoms with E-state index in [-0.39, 0.29) is 48.8 Å². The monoisotopic (exact) mass is 366 g/mol. The molecule has 11 heteroatoms. The van der Waals surface area contributed by atoms with E-state index < -0.39 is 59.8 Å². The van der Waals surface area contributed by atoms with E-state index in [1.165, 1.54) is 0 Å². The van der Waals surface area contributed by atoms with Gasteiger partial charge in [-0.3, -0.25) is 4.39 Å². The van der Waals surface area contributed by atoms with E-state index in [9.17, 15) is 39.3 Å². The third-order valence-corrected chi connectivity index (χ3v) is 3.50. The molecule has 0 N–H and O–H groups in total. The largest absolute Gasteiger partial charge is 1.00 e. The zero-order valence-corrected chi connectivity index (χ0v) is 14.8. The van der Waals surface area contributed by atoms with Crippen molar-refractivity contribution in [2.75, 3.05) is 12.4 Å². The molecule has 3 nitrogen and oxygen atoms in total. The molecule has 0 aliphatic carbocycles. The number of hydrogen-bond donors (Lipinski definition) is 0. The van der Waals surface area contributed by atoms with Crippen LogP contribution in [0.4, 0.5) is 26.3 Å². The molecule has 22 heavy (non-hydrogen) atoms. The summed E-state index contributed by atoms with van der Waals surface area (Å²) in [7, 11) is -5.15. The van der Waals surface area contributed by atoms with Crippen LogP contribution in [0.3, 0.4) is 0 Å². The van der Waals surface area contributed by atoms with Gasteiger partial charge in [-0.25, -0.2) is 30.4 Å². The third kappa shape index (κ3) is 10.3. The van der Waals surface area contributed by atoms with Gasteiger partial charge in [0.1, 0.15) is 12.3 Å². The van der Waals surface area contributed by atoms with Gasteiger partial charge in [-0.1, -0.05) is 12.8 Å². The van der Waals surface area contributed by atoms with Gasteiger partial charge < -0.3 is 4.55 Å². The molecule has 0 aliphatic rings. The first-order valence-corrected chi connectivity index (χ1v) is 7.87. The van der Waals surface area contributed by atoms with Crippen molar-refractivity contribution >= 4 is 10.1 Å². The van der Waals surface area contributed by atoms with Crippen molar-refractivity contribution in [3.63, 3.8) is 0 Å². The van der Waals surface area contributed by atoms with E-state index in [1.807, 2.05) is 0 Å². The molecule has 0 aromatic heterocycles. The van der Waals surface area contributed by atoms with Crippen LogP contribution in [0, 0.1) is 0 Å². The minimum atomic E-state index is -5.15. The summed E-state index contributed by atoms with van der Waals surface area (Å²) >= 11 is 0. The SMILES string of the molecule is O=S(=O)([O-])CC(F)C(F)C(F)C(F)C(F)CCCCCF.[Na+]. The van der Waals surface area contributed by atoms with Crippen molar-refractivity contribution in [1.29, 1.82) is 0 Å². The van der Waals surface area contributed by atoms with Gasteiger partial charge in [0.15, 0.2) is 18.5 Å². The number of hydrogen-bond acceptors (Lipinski definition) is 3. The fourth-order valence-corrected chi connectivity index (χ4v) is 2.21. The van der Waals surface area contributed by atoms with Gasteiger partial charge in [0, 0.05) is 0 Å². The van der Waals surface area contributed by atoms with Crippen LogP contribution in [0.5, 0.6) is 0 Å². The van der Waals surface area contributed by atoms with E-state index in [0.29, 0.717) is 0 Å². The number of halogens is 6. The molecular formula is C11H17F6NaO3S. The minimum absolute atomic E-state index is 0. The van der Waals surface area contributed by atoms with Crippen molar-refractivity contribution in [2.45, 2.75) is 56.5 Å². The summed E-state index contributed by atoms with van der Waals surface area (Å²) < 4.78 is 108. The maximum absolute atomic E-state index is 13.3. The predicted octanol–water partition coefficient (Wildman–Crippen LogP) is -0.244. The molecule has 0 saturated heterocycles. The normalized spacial score (nSPS) is 18.9. The first-order chi connectivity index (χ1) is 9.60. The van der Waals surface area contributed by atoms with Gasteiger partial charge in [0.25, 0.3) is 0 Å². The predicted molar refractivity (Wildman–Crippen MR) is 63.5 cm³/mol. The Balaban J connectivity index is 0. The first kappa shape index (κ1) is 24.7. The number of rotatable bonds is 11. The fourth-order valence-electron chi connectivity index (χ4n) is 1.63. The average molecular weight is 366 g/mol. The van der Waals surface area contributed by atoms with Crippen molar-refractivity contribution in [3.8, 4) is 0 Å². The molecule has 0 bridgehead atoms. The van der Waals surface area contributed by atoms with Crippen molar-refractivity contribution < 1.29 is 68.9 Å². The second-order valence-electron chi connectivity index (χ2n) is 4.63. The Hall–Kier alpha value is 0.490. The van der Waals surface area contributed by atoms with Crippen molar-refractivity contribution in [1.82, 2.24) is 0 Å². The molecule has 0 amide bonds. The first-order valence-electron chi connectivity index (χ1n) is 6.30. The summed E-state index contributed by atoms with van der Waals surface area (Å²) in [5.74, 6) is -1.85. The Morgan fingerprint density at radius 1 is 0.818 bits per heavy atom. The summed E-state index contributed by atoms with van der Waals surface area (Å²) in [5, 5.41) is 0. The van der Waals surface area contributed by atoms with Gasteiger partial charge in [0.05, 0.1) is 22.5 Å².